The van der Waals surface area contributed by atoms with Gasteiger partial charge >= 0.3 is 0 Å². The fourth-order valence-corrected chi connectivity index (χ4v) is 5.14. The third-order valence-electron chi connectivity index (χ3n) is 4.74. The lowest BCUT2D eigenvalue weighted by molar-refractivity contribution is 0.537. The molecule has 0 saturated carbocycles. The van der Waals surface area contributed by atoms with E-state index in [2.05, 4.69) is 37.6 Å². The van der Waals surface area contributed by atoms with E-state index in [0.29, 0.717) is 6.54 Å². The van der Waals surface area contributed by atoms with E-state index < -0.39 is 10.0 Å². The van der Waals surface area contributed by atoms with Crippen LogP contribution in [0.5, 0.6) is 0 Å². The van der Waals surface area contributed by atoms with Crippen molar-refractivity contribution < 1.29 is 8.42 Å². The Labute approximate surface area is 186 Å². The van der Waals surface area contributed by atoms with Crippen LogP contribution in [0.25, 0.3) is 20.9 Å². The number of pyridine rings is 1. The first-order valence-corrected chi connectivity index (χ1v) is 11.7. The molecule has 0 spiro atoms. The van der Waals surface area contributed by atoms with Crippen molar-refractivity contribution in [2.45, 2.75) is 24.3 Å². The highest BCUT2D eigenvalue weighted by Gasteiger charge is 2.17. The number of sulfonamides is 1. The highest BCUT2D eigenvalue weighted by Crippen LogP contribution is 2.20. The summed E-state index contributed by atoms with van der Waals surface area (Å²) in [5.74, 6) is 0. The Kier molecular flexibility index (Phi) is 7.38. The smallest absolute Gasteiger partial charge is 0.240 e. The zero-order valence-corrected chi connectivity index (χ0v) is 18.9. The predicted octanol–water partition coefficient (Wildman–Crippen LogP) is 3.77. The Morgan fingerprint density at radius 2 is 1.90 bits per heavy atom. The normalized spacial score (nSPS) is 12.7. The van der Waals surface area contributed by atoms with Crippen molar-refractivity contribution in [3.8, 4) is 0 Å². The molecule has 6 nitrogen and oxygen atoms in total. The quantitative estimate of drug-likeness (QED) is 0.389. The molecule has 0 saturated heterocycles. The van der Waals surface area contributed by atoms with Crippen LogP contribution in [0.2, 0.25) is 0 Å². The van der Waals surface area contributed by atoms with Gasteiger partial charge in [-0.2, -0.15) is 4.37 Å². The minimum Gasteiger partial charge on any atom is -0.315 e. The molecule has 0 radical (unpaired) electrons. The fraction of sp³-hybridized carbons (Fsp3) is 0.238. The Morgan fingerprint density at radius 3 is 2.77 bits per heavy atom. The Balaban J connectivity index is 0.00000256. The van der Waals surface area contributed by atoms with Crippen molar-refractivity contribution in [3.63, 3.8) is 0 Å². The molecule has 0 aliphatic heterocycles. The van der Waals surface area contributed by atoms with Crippen LogP contribution in [-0.4, -0.2) is 36.9 Å². The second kappa shape index (κ2) is 9.80. The molecule has 2 aromatic carbocycles. The van der Waals surface area contributed by atoms with Gasteiger partial charge in [0.1, 0.15) is 0 Å². The number of nitrogens with one attached hydrogen (secondary N) is 2. The molecule has 4 rings (SSSR count). The van der Waals surface area contributed by atoms with Gasteiger partial charge in [-0.05, 0) is 72.7 Å². The zero-order chi connectivity index (χ0) is 20.3. The molecule has 0 aliphatic carbocycles. The van der Waals surface area contributed by atoms with E-state index in [1.165, 1.54) is 27.2 Å². The molecule has 4 aromatic rings. The van der Waals surface area contributed by atoms with Crippen LogP contribution in [0.3, 0.4) is 0 Å². The van der Waals surface area contributed by atoms with Gasteiger partial charge in [0.2, 0.25) is 10.0 Å². The minimum absolute atomic E-state index is 0. The molecule has 9 heteroatoms. The van der Waals surface area contributed by atoms with Crippen molar-refractivity contribution in [3.05, 3.63) is 66.6 Å². The maximum absolute atomic E-state index is 12.7. The summed E-state index contributed by atoms with van der Waals surface area (Å²) < 4.78 is 33.5. The third kappa shape index (κ3) is 5.33. The summed E-state index contributed by atoms with van der Waals surface area (Å²) in [6.07, 6.45) is 6.14. The van der Waals surface area contributed by atoms with E-state index in [1.807, 2.05) is 19.2 Å². The summed E-state index contributed by atoms with van der Waals surface area (Å²) in [6.45, 7) is 3.19. The van der Waals surface area contributed by atoms with Crippen LogP contribution in [0, 0.1) is 0 Å². The molecule has 0 fully saturated rings. The molecule has 0 bridgehead atoms. The first kappa shape index (κ1) is 22.6. The van der Waals surface area contributed by atoms with Gasteiger partial charge in [-0.3, -0.25) is 4.98 Å². The van der Waals surface area contributed by atoms with Crippen molar-refractivity contribution in [2.24, 2.45) is 0 Å². The summed E-state index contributed by atoms with van der Waals surface area (Å²) in [5, 5.41) is 6.27. The van der Waals surface area contributed by atoms with Crippen LogP contribution < -0.4 is 10.0 Å². The maximum atomic E-state index is 12.7. The molecule has 0 amide bonds. The van der Waals surface area contributed by atoms with Gasteiger partial charge in [0.15, 0.2) is 0 Å². The lowest BCUT2D eigenvalue weighted by atomic mass is 10.1. The highest BCUT2D eigenvalue weighted by atomic mass is 35.5. The zero-order valence-electron chi connectivity index (χ0n) is 16.4. The molecule has 2 heterocycles. The Hall–Kier alpha value is -2.10. The standard InChI is InChI=1S/C21H22N4O2S2.ClH/c1-15(12-22-8-6-16-2-5-21-19(10-16)14-24-28-21)25-29(26,27)20-4-3-18-13-23-9-7-17(18)11-20;/h2-5,7,9-11,13-15,22,25H,6,8,12H2,1H3;1H. The second-order valence-electron chi connectivity index (χ2n) is 7.06. The molecule has 30 heavy (non-hydrogen) atoms. The maximum Gasteiger partial charge on any atom is 0.240 e. The summed E-state index contributed by atoms with van der Waals surface area (Å²) in [5.41, 5.74) is 1.24. The average Bonchev–Trinajstić information content (AvgIpc) is 3.18. The molecule has 1 atom stereocenters. The molecule has 1 unspecified atom stereocenters. The molecular formula is C21H23ClN4O2S2. The first-order valence-electron chi connectivity index (χ1n) is 9.41. The number of nitrogens with zero attached hydrogens (tertiary/aromatic N) is 2. The van der Waals surface area contributed by atoms with Crippen LogP contribution >= 0.6 is 23.9 Å². The van der Waals surface area contributed by atoms with Crippen molar-refractivity contribution in [2.75, 3.05) is 13.1 Å². The van der Waals surface area contributed by atoms with E-state index in [4.69, 9.17) is 0 Å². The number of aromatic nitrogens is 2. The van der Waals surface area contributed by atoms with Crippen LogP contribution in [-0.2, 0) is 16.4 Å². The number of benzene rings is 2. The van der Waals surface area contributed by atoms with Crippen molar-refractivity contribution >= 4 is 54.8 Å². The van der Waals surface area contributed by atoms with Gasteiger partial charge in [0, 0.05) is 41.9 Å². The van der Waals surface area contributed by atoms with Gasteiger partial charge in [0.05, 0.1) is 9.60 Å². The largest absolute Gasteiger partial charge is 0.315 e. The van der Waals surface area contributed by atoms with E-state index >= 15 is 0 Å². The monoisotopic (exact) mass is 462 g/mol. The first-order chi connectivity index (χ1) is 14.0. The van der Waals surface area contributed by atoms with E-state index in [0.717, 1.165) is 23.7 Å². The SMILES string of the molecule is CC(CNCCc1ccc2sncc2c1)NS(=O)(=O)c1ccc2cnccc2c1.Cl. The highest BCUT2D eigenvalue weighted by molar-refractivity contribution is 7.89. The number of rotatable bonds is 8. The van der Waals surface area contributed by atoms with Crippen LogP contribution in [0.15, 0.2) is 66.0 Å². The topological polar surface area (TPSA) is 84.0 Å². The van der Waals surface area contributed by atoms with Gasteiger partial charge in [-0.1, -0.05) is 12.1 Å². The molecular weight excluding hydrogens is 440 g/mol. The van der Waals surface area contributed by atoms with Crippen molar-refractivity contribution in [1.29, 1.82) is 0 Å². The van der Waals surface area contributed by atoms with Gasteiger partial charge in [0.25, 0.3) is 0 Å². The number of fused-ring (bicyclic) bond motifs is 2. The van der Waals surface area contributed by atoms with E-state index in [-0.39, 0.29) is 23.3 Å². The average molecular weight is 463 g/mol. The lowest BCUT2D eigenvalue weighted by Crippen LogP contribution is -2.40. The molecule has 2 N–H and O–H groups in total. The van der Waals surface area contributed by atoms with E-state index in [1.54, 1.807) is 30.6 Å². The fourth-order valence-electron chi connectivity index (χ4n) is 3.23. The molecule has 2 aromatic heterocycles. The minimum atomic E-state index is -3.57. The third-order valence-corrected chi connectivity index (χ3v) is 7.10. The predicted molar refractivity (Wildman–Crippen MR) is 125 cm³/mol. The van der Waals surface area contributed by atoms with Gasteiger partial charge in [-0.25, -0.2) is 13.1 Å². The van der Waals surface area contributed by atoms with Gasteiger partial charge in [-0.15, -0.1) is 12.4 Å². The number of hydrogen-bond acceptors (Lipinski definition) is 6. The molecule has 0 aliphatic rings. The summed E-state index contributed by atoms with van der Waals surface area (Å²) in [7, 11) is -3.57. The second-order valence-corrected chi connectivity index (χ2v) is 9.61. The van der Waals surface area contributed by atoms with Crippen LogP contribution in [0.4, 0.5) is 0 Å². The summed E-state index contributed by atoms with van der Waals surface area (Å²) >= 11 is 1.50. The summed E-state index contributed by atoms with van der Waals surface area (Å²) in [6, 6.07) is 13.0. The number of halogens is 1. The summed E-state index contributed by atoms with van der Waals surface area (Å²) in [4.78, 5) is 4.32. The van der Waals surface area contributed by atoms with Gasteiger partial charge < -0.3 is 5.32 Å². The lowest BCUT2D eigenvalue weighted by Gasteiger charge is -2.15. The van der Waals surface area contributed by atoms with Crippen molar-refractivity contribution in [1.82, 2.24) is 19.4 Å². The van der Waals surface area contributed by atoms with E-state index in [9.17, 15) is 8.42 Å². The Morgan fingerprint density at radius 1 is 1.03 bits per heavy atom. The molecule has 158 valence electrons. The van der Waals surface area contributed by atoms with Crippen LogP contribution in [0.1, 0.15) is 12.5 Å². The number of hydrogen-bond donors (Lipinski definition) is 2. The Bertz CT molecular complexity index is 1240.